The van der Waals surface area contributed by atoms with Crippen LogP contribution < -0.4 is 5.32 Å². The van der Waals surface area contributed by atoms with Crippen molar-refractivity contribution in [1.29, 1.82) is 0 Å². The fourth-order valence-electron chi connectivity index (χ4n) is 2.45. The molecule has 1 aromatic heterocycles. The maximum atomic E-state index is 11.1. The molecule has 1 amide bonds. The summed E-state index contributed by atoms with van der Waals surface area (Å²) in [5.74, 6) is 0. The lowest BCUT2D eigenvalue weighted by molar-refractivity contribution is 0.114. The summed E-state index contributed by atoms with van der Waals surface area (Å²) in [6.45, 7) is 2.72. The average Bonchev–Trinajstić information content (AvgIpc) is 2.63. The van der Waals surface area contributed by atoms with Gasteiger partial charge in [0, 0.05) is 24.2 Å². The van der Waals surface area contributed by atoms with Crippen molar-refractivity contribution in [2.75, 3.05) is 6.54 Å². The molecule has 2 fully saturated rings. The number of ether oxygens (including phenoxy) is 1. The van der Waals surface area contributed by atoms with Crippen molar-refractivity contribution < 1.29 is 9.53 Å². The van der Waals surface area contributed by atoms with E-state index in [0.29, 0.717) is 6.54 Å². The Hall–Kier alpha value is -1.58. The molecule has 2 unspecified atom stereocenters. The Labute approximate surface area is 87.7 Å². The Bertz CT molecular complexity index is 420. The van der Waals surface area contributed by atoms with Crippen molar-refractivity contribution in [3.8, 4) is 0 Å². The minimum absolute atomic E-state index is 0.0690. The van der Waals surface area contributed by atoms with Crippen molar-refractivity contribution in [3.05, 3.63) is 30.1 Å². The number of carbonyl (C=O) groups excluding carboxylic acids is 1. The Morgan fingerprint density at radius 1 is 1.60 bits per heavy atom. The molecule has 3 rings (SSSR count). The molecule has 1 aromatic rings. The standard InChI is InChI=1S/C11H12N2O2/c1-10(8-3-2-4-12-5-8)6-11(10)7-13-9(14)15-11/h2-5H,6-7H2,1H3,(H,13,14). The third-order valence-electron chi connectivity index (χ3n) is 3.62. The zero-order chi connectivity index (χ0) is 10.5. The van der Waals surface area contributed by atoms with Crippen molar-refractivity contribution in [2.24, 2.45) is 0 Å². The second-order valence-corrected chi connectivity index (χ2v) is 4.49. The van der Waals surface area contributed by atoms with Crippen LogP contribution in [0.1, 0.15) is 18.9 Å². The Balaban J connectivity index is 1.93. The minimum Gasteiger partial charge on any atom is -0.440 e. The molecule has 0 radical (unpaired) electrons. The highest BCUT2D eigenvalue weighted by Crippen LogP contribution is 2.60. The Morgan fingerprint density at radius 2 is 2.47 bits per heavy atom. The van der Waals surface area contributed by atoms with E-state index >= 15 is 0 Å². The van der Waals surface area contributed by atoms with E-state index < -0.39 is 0 Å². The molecule has 2 aliphatic rings. The fraction of sp³-hybridized carbons (Fsp3) is 0.455. The summed E-state index contributed by atoms with van der Waals surface area (Å²) in [5, 5.41) is 2.72. The van der Waals surface area contributed by atoms with Crippen LogP contribution in [0, 0.1) is 0 Å². The second-order valence-electron chi connectivity index (χ2n) is 4.49. The summed E-state index contributed by atoms with van der Waals surface area (Å²) >= 11 is 0. The zero-order valence-electron chi connectivity index (χ0n) is 8.49. The van der Waals surface area contributed by atoms with Gasteiger partial charge in [-0.3, -0.25) is 4.98 Å². The number of amides is 1. The summed E-state index contributed by atoms with van der Waals surface area (Å²) in [5.41, 5.74) is 0.745. The van der Waals surface area contributed by atoms with Gasteiger partial charge >= 0.3 is 6.09 Å². The van der Waals surface area contributed by atoms with Gasteiger partial charge in [0.05, 0.1) is 6.54 Å². The predicted octanol–water partition coefficient (Wildman–Crippen LogP) is 1.22. The number of rotatable bonds is 1. The molecule has 1 aliphatic carbocycles. The largest absolute Gasteiger partial charge is 0.440 e. The number of nitrogens with one attached hydrogen (secondary N) is 1. The molecular weight excluding hydrogens is 192 g/mol. The Kier molecular flexibility index (Phi) is 1.45. The molecule has 4 heteroatoms. The Morgan fingerprint density at radius 3 is 3.07 bits per heavy atom. The smallest absolute Gasteiger partial charge is 0.407 e. The van der Waals surface area contributed by atoms with Gasteiger partial charge in [0.2, 0.25) is 0 Å². The minimum atomic E-state index is -0.326. The first-order chi connectivity index (χ1) is 7.16. The first-order valence-corrected chi connectivity index (χ1v) is 5.04. The molecule has 2 atom stereocenters. The van der Waals surface area contributed by atoms with Crippen LogP contribution >= 0.6 is 0 Å². The van der Waals surface area contributed by atoms with Gasteiger partial charge in [0.1, 0.15) is 5.60 Å². The summed E-state index contributed by atoms with van der Waals surface area (Å²) in [4.78, 5) is 15.2. The number of hydrogen-bond donors (Lipinski definition) is 1. The topological polar surface area (TPSA) is 51.2 Å². The number of aromatic nitrogens is 1. The lowest BCUT2D eigenvalue weighted by Gasteiger charge is -2.15. The van der Waals surface area contributed by atoms with E-state index in [0.717, 1.165) is 12.0 Å². The highest BCUT2D eigenvalue weighted by Gasteiger charge is 2.70. The molecule has 1 spiro atoms. The quantitative estimate of drug-likeness (QED) is 0.748. The van der Waals surface area contributed by atoms with Gasteiger partial charge in [-0.1, -0.05) is 13.0 Å². The van der Waals surface area contributed by atoms with E-state index in [1.54, 1.807) is 6.20 Å². The number of pyridine rings is 1. The van der Waals surface area contributed by atoms with Gasteiger partial charge in [-0.2, -0.15) is 0 Å². The number of hydrogen-bond acceptors (Lipinski definition) is 3. The van der Waals surface area contributed by atoms with E-state index in [9.17, 15) is 4.79 Å². The van der Waals surface area contributed by atoms with Crippen LogP contribution in [0.15, 0.2) is 24.5 Å². The molecule has 0 bridgehead atoms. The van der Waals surface area contributed by atoms with Crippen LogP contribution in [0.25, 0.3) is 0 Å². The zero-order valence-corrected chi connectivity index (χ0v) is 8.49. The fourth-order valence-corrected chi connectivity index (χ4v) is 2.45. The SMILES string of the molecule is CC1(c2cccnc2)CC12CNC(=O)O2. The van der Waals surface area contributed by atoms with Crippen LogP contribution in [0.4, 0.5) is 4.79 Å². The van der Waals surface area contributed by atoms with Gasteiger partial charge < -0.3 is 10.1 Å². The third-order valence-corrected chi connectivity index (χ3v) is 3.62. The normalized spacial score (nSPS) is 37.5. The molecule has 2 heterocycles. The third kappa shape index (κ3) is 1.02. The first-order valence-electron chi connectivity index (χ1n) is 5.04. The molecular formula is C11H12N2O2. The summed E-state index contributed by atoms with van der Waals surface area (Å²) < 4.78 is 5.35. The number of nitrogens with zero attached hydrogens (tertiary/aromatic N) is 1. The molecule has 1 saturated carbocycles. The van der Waals surface area contributed by atoms with Crippen molar-refractivity contribution in [2.45, 2.75) is 24.4 Å². The molecule has 0 aromatic carbocycles. The molecule has 4 nitrogen and oxygen atoms in total. The first kappa shape index (κ1) is 8.71. The maximum absolute atomic E-state index is 11.1. The van der Waals surface area contributed by atoms with Gasteiger partial charge in [0.15, 0.2) is 0 Å². The van der Waals surface area contributed by atoms with Crippen LogP contribution in [0.5, 0.6) is 0 Å². The van der Waals surface area contributed by atoms with Gasteiger partial charge in [-0.05, 0) is 11.6 Å². The summed E-state index contributed by atoms with van der Waals surface area (Å²) in [7, 11) is 0. The van der Waals surface area contributed by atoms with Crippen LogP contribution in [0.2, 0.25) is 0 Å². The van der Waals surface area contributed by atoms with Crippen LogP contribution in [0.3, 0.4) is 0 Å². The van der Waals surface area contributed by atoms with Gasteiger partial charge in [0.25, 0.3) is 0 Å². The maximum Gasteiger partial charge on any atom is 0.407 e. The number of alkyl carbamates (subject to hydrolysis) is 1. The van der Waals surface area contributed by atoms with Gasteiger partial charge in [-0.25, -0.2) is 4.79 Å². The molecule has 1 saturated heterocycles. The lowest BCUT2D eigenvalue weighted by Crippen LogP contribution is -2.25. The average molecular weight is 204 g/mol. The van der Waals surface area contributed by atoms with Crippen LogP contribution in [-0.2, 0) is 10.2 Å². The summed E-state index contributed by atoms with van der Waals surface area (Å²) in [6.07, 6.45) is 4.18. The lowest BCUT2D eigenvalue weighted by atomic mass is 9.95. The molecule has 78 valence electrons. The van der Waals surface area contributed by atoms with Gasteiger partial charge in [-0.15, -0.1) is 0 Å². The van der Waals surface area contributed by atoms with E-state index in [-0.39, 0.29) is 17.1 Å². The monoisotopic (exact) mass is 204 g/mol. The van der Waals surface area contributed by atoms with E-state index in [1.165, 1.54) is 0 Å². The molecule has 1 N–H and O–H groups in total. The highest BCUT2D eigenvalue weighted by molar-refractivity contribution is 5.72. The van der Waals surface area contributed by atoms with Crippen molar-refractivity contribution >= 4 is 6.09 Å². The van der Waals surface area contributed by atoms with E-state index in [2.05, 4.69) is 17.2 Å². The summed E-state index contributed by atoms with van der Waals surface area (Å²) in [6, 6.07) is 3.95. The number of carbonyl (C=O) groups is 1. The predicted molar refractivity (Wildman–Crippen MR) is 53.4 cm³/mol. The van der Waals surface area contributed by atoms with E-state index in [4.69, 9.17) is 4.74 Å². The van der Waals surface area contributed by atoms with Crippen LogP contribution in [-0.4, -0.2) is 23.2 Å². The van der Waals surface area contributed by atoms with Crippen molar-refractivity contribution in [1.82, 2.24) is 10.3 Å². The van der Waals surface area contributed by atoms with Crippen molar-refractivity contribution in [3.63, 3.8) is 0 Å². The van der Waals surface area contributed by atoms with E-state index in [1.807, 2.05) is 18.3 Å². The molecule has 15 heavy (non-hydrogen) atoms. The molecule has 1 aliphatic heterocycles. The highest BCUT2D eigenvalue weighted by atomic mass is 16.6. The second kappa shape index (κ2) is 2.51.